The molecule has 88 valence electrons. The number of aryl methyl sites for hydroxylation is 1. The molecule has 0 saturated carbocycles. The van der Waals surface area contributed by atoms with E-state index in [4.69, 9.17) is 4.74 Å². The highest BCUT2D eigenvalue weighted by atomic mass is 16.5. The molecule has 1 heterocycles. The van der Waals surface area contributed by atoms with Gasteiger partial charge in [0.25, 0.3) is 0 Å². The summed E-state index contributed by atoms with van der Waals surface area (Å²) in [4.78, 5) is 0. The van der Waals surface area contributed by atoms with Crippen molar-refractivity contribution in [2.75, 3.05) is 32.1 Å². The van der Waals surface area contributed by atoms with E-state index in [-0.39, 0.29) is 0 Å². The van der Waals surface area contributed by atoms with Crippen LogP contribution in [-0.4, -0.2) is 26.7 Å². The summed E-state index contributed by atoms with van der Waals surface area (Å²) in [5.41, 5.74) is 2.36. The molecule has 0 bridgehead atoms. The van der Waals surface area contributed by atoms with Gasteiger partial charge in [-0.1, -0.05) is 6.07 Å². The van der Waals surface area contributed by atoms with Gasteiger partial charge in [-0.2, -0.15) is 0 Å². The van der Waals surface area contributed by atoms with Crippen molar-refractivity contribution in [3.63, 3.8) is 0 Å². The monoisotopic (exact) mass is 220 g/mol. The summed E-state index contributed by atoms with van der Waals surface area (Å²) in [5, 5.41) is 6.86. The van der Waals surface area contributed by atoms with Crippen LogP contribution in [0.3, 0.4) is 0 Å². The van der Waals surface area contributed by atoms with Gasteiger partial charge in [0.2, 0.25) is 0 Å². The van der Waals surface area contributed by atoms with Gasteiger partial charge in [0.05, 0.1) is 12.8 Å². The lowest BCUT2D eigenvalue weighted by atomic mass is 10.1. The minimum Gasteiger partial charge on any atom is -0.495 e. The largest absolute Gasteiger partial charge is 0.495 e. The number of ether oxygens (including phenoxy) is 1. The molecule has 1 aromatic rings. The van der Waals surface area contributed by atoms with Gasteiger partial charge in [-0.15, -0.1) is 0 Å². The second-order valence-corrected chi connectivity index (χ2v) is 4.44. The summed E-state index contributed by atoms with van der Waals surface area (Å²) in [6.07, 6.45) is 1.27. The van der Waals surface area contributed by atoms with Crippen LogP contribution in [-0.2, 0) is 0 Å². The third-order valence-electron chi connectivity index (χ3n) is 3.10. The molecule has 1 saturated heterocycles. The molecule has 0 aliphatic carbocycles. The number of hydrogen-bond acceptors (Lipinski definition) is 3. The molecule has 3 heteroatoms. The van der Waals surface area contributed by atoms with E-state index in [1.54, 1.807) is 7.11 Å². The van der Waals surface area contributed by atoms with Crippen LogP contribution in [0, 0.1) is 12.8 Å². The van der Waals surface area contributed by atoms with Gasteiger partial charge in [0.1, 0.15) is 5.75 Å². The van der Waals surface area contributed by atoms with E-state index in [0.717, 1.165) is 37.0 Å². The van der Waals surface area contributed by atoms with Crippen LogP contribution < -0.4 is 15.4 Å². The van der Waals surface area contributed by atoms with Gasteiger partial charge in [-0.05, 0) is 50.0 Å². The second kappa shape index (κ2) is 5.21. The molecule has 0 aromatic heterocycles. The zero-order valence-corrected chi connectivity index (χ0v) is 10.0. The first-order valence-corrected chi connectivity index (χ1v) is 5.89. The summed E-state index contributed by atoms with van der Waals surface area (Å²) in [6.45, 7) is 5.40. The molecule has 1 atom stereocenters. The molecule has 3 nitrogen and oxygen atoms in total. The Balaban J connectivity index is 1.98. The lowest BCUT2D eigenvalue weighted by molar-refractivity contribution is 0.416. The molecule has 1 unspecified atom stereocenters. The molecule has 1 aliphatic heterocycles. The Morgan fingerprint density at radius 1 is 1.50 bits per heavy atom. The molecule has 1 fully saturated rings. The van der Waals surface area contributed by atoms with E-state index in [1.165, 1.54) is 12.0 Å². The maximum Gasteiger partial charge on any atom is 0.141 e. The standard InChI is InChI=1S/C13H20N2O/c1-10-3-4-13(16-2)12(7-10)15-9-11-5-6-14-8-11/h3-4,7,11,14-15H,5-6,8-9H2,1-2H3. The van der Waals surface area contributed by atoms with Crippen molar-refractivity contribution in [2.45, 2.75) is 13.3 Å². The smallest absolute Gasteiger partial charge is 0.141 e. The number of nitrogens with one attached hydrogen (secondary N) is 2. The van der Waals surface area contributed by atoms with Gasteiger partial charge in [-0.3, -0.25) is 0 Å². The van der Waals surface area contributed by atoms with E-state index < -0.39 is 0 Å². The molecule has 2 rings (SSSR count). The summed E-state index contributed by atoms with van der Waals surface area (Å²) in [7, 11) is 1.72. The van der Waals surface area contributed by atoms with Crippen LogP contribution in [0.2, 0.25) is 0 Å². The van der Waals surface area contributed by atoms with E-state index in [2.05, 4.69) is 29.7 Å². The van der Waals surface area contributed by atoms with E-state index in [1.807, 2.05) is 6.07 Å². The predicted molar refractivity (Wildman–Crippen MR) is 67.2 cm³/mol. The van der Waals surface area contributed by atoms with Gasteiger partial charge >= 0.3 is 0 Å². The summed E-state index contributed by atoms with van der Waals surface area (Å²) >= 11 is 0. The normalized spacial score (nSPS) is 19.8. The molecule has 0 spiro atoms. The van der Waals surface area contributed by atoms with E-state index in [9.17, 15) is 0 Å². The summed E-state index contributed by atoms with van der Waals surface area (Å²) in [6, 6.07) is 6.23. The van der Waals surface area contributed by atoms with Crippen LogP contribution in [0.25, 0.3) is 0 Å². The zero-order chi connectivity index (χ0) is 11.4. The fourth-order valence-corrected chi connectivity index (χ4v) is 2.10. The van der Waals surface area contributed by atoms with Gasteiger partial charge in [0, 0.05) is 6.54 Å². The van der Waals surface area contributed by atoms with Crippen LogP contribution in [0.1, 0.15) is 12.0 Å². The average Bonchev–Trinajstić information content (AvgIpc) is 2.79. The third kappa shape index (κ3) is 2.67. The number of methoxy groups -OCH3 is 1. The minimum atomic E-state index is 0.741. The van der Waals surface area contributed by atoms with Crippen molar-refractivity contribution in [1.29, 1.82) is 0 Å². The van der Waals surface area contributed by atoms with Crippen molar-refractivity contribution < 1.29 is 4.74 Å². The Kier molecular flexibility index (Phi) is 3.67. The fraction of sp³-hybridized carbons (Fsp3) is 0.538. The maximum atomic E-state index is 5.34. The summed E-state index contributed by atoms with van der Waals surface area (Å²) in [5.74, 6) is 1.67. The second-order valence-electron chi connectivity index (χ2n) is 4.44. The third-order valence-corrected chi connectivity index (χ3v) is 3.10. The fourth-order valence-electron chi connectivity index (χ4n) is 2.10. The van der Waals surface area contributed by atoms with Crippen molar-refractivity contribution in [3.05, 3.63) is 23.8 Å². The molecular weight excluding hydrogens is 200 g/mol. The Morgan fingerprint density at radius 2 is 2.38 bits per heavy atom. The van der Waals surface area contributed by atoms with Gasteiger partial charge in [-0.25, -0.2) is 0 Å². The van der Waals surface area contributed by atoms with Crippen molar-refractivity contribution in [3.8, 4) is 5.75 Å². The Bertz CT molecular complexity index is 346. The first kappa shape index (κ1) is 11.3. The predicted octanol–water partition coefficient (Wildman–Crippen LogP) is 2.03. The van der Waals surface area contributed by atoms with Crippen LogP contribution in [0.5, 0.6) is 5.75 Å². The number of anilines is 1. The molecule has 0 amide bonds. The highest BCUT2D eigenvalue weighted by Crippen LogP contribution is 2.25. The van der Waals surface area contributed by atoms with Crippen molar-refractivity contribution in [2.24, 2.45) is 5.92 Å². The van der Waals surface area contributed by atoms with Gasteiger partial charge < -0.3 is 15.4 Å². The molecule has 16 heavy (non-hydrogen) atoms. The van der Waals surface area contributed by atoms with Crippen LogP contribution in [0.15, 0.2) is 18.2 Å². The summed E-state index contributed by atoms with van der Waals surface area (Å²) < 4.78 is 5.34. The highest BCUT2D eigenvalue weighted by Gasteiger charge is 2.14. The van der Waals surface area contributed by atoms with Crippen molar-refractivity contribution >= 4 is 5.69 Å². The minimum absolute atomic E-state index is 0.741. The molecule has 2 N–H and O–H groups in total. The number of hydrogen-bond donors (Lipinski definition) is 2. The van der Waals surface area contributed by atoms with Crippen LogP contribution in [0.4, 0.5) is 5.69 Å². The Morgan fingerprint density at radius 3 is 3.06 bits per heavy atom. The zero-order valence-electron chi connectivity index (χ0n) is 10.0. The molecule has 1 aromatic carbocycles. The molecule has 1 aliphatic rings. The molecular formula is C13H20N2O. The average molecular weight is 220 g/mol. The van der Waals surface area contributed by atoms with E-state index >= 15 is 0 Å². The lowest BCUT2D eigenvalue weighted by Gasteiger charge is -2.14. The van der Waals surface area contributed by atoms with Crippen molar-refractivity contribution in [1.82, 2.24) is 5.32 Å². The first-order valence-electron chi connectivity index (χ1n) is 5.89. The number of rotatable bonds is 4. The highest BCUT2D eigenvalue weighted by molar-refractivity contribution is 5.58. The first-order chi connectivity index (χ1) is 7.79. The Hall–Kier alpha value is -1.22. The SMILES string of the molecule is COc1ccc(C)cc1NCC1CCNC1. The molecule has 0 radical (unpaired) electrons. The van der Waals surface area contributed by atoms with Crippen LogP contribution >= 0.6 is 0 Å². The van der Waals surface area contributed by atoms with Gasteiger partial charge in [0.15, 0.2) is 0 Å². The number of benzene rings is 1. The quantitative estimate of drug-likeness (QED) is 0.814. The van der Waals surface area contributed by atoms with E-state index in [0.29, 0.717) is 0 Å². The topological polar surface area (TPSA) is 33.3 Å². The Labute approximate surface area is 97.2 Å². The maximum absolute atomic E-state index is 5.34. The lowest BCUT2D eigenvalue weighted by Crippen LogP contribution is -2.17.